The highest BCUT2D eigenvalue weighted by Crippen LogP contribution is 2.30. The van der Waals surface area contributed by atoms with E-state index in [1.165, 1.54) is 12.1 Å². The standard InChI is InChI=1S/C21H23ClFN5O2/c1-12-7-9-28(10-8-12)20-19-13(2)27-30-21(19)26-17(25-20)5-6-18(29)24-16-4-3-14(23)11-15(16)22/h3-4,11-12H,5-10H2,1-2H3,(H,24,29). The van der Waals surface area contributed by atoms with Crippen LogP contribution in [0.25, 0.3) is 11.1 Å². The maximum Gasteiger partial charge on any atom is 0.263 e. The highest BCUT2D eigenvalue weighted by molar-refractivity contribution is 6.33. The van der Waals surface area contributed by atoms with E-state index in [2.05, 4.69) is 27.3 Å². The average Bonchev–Trinajstić information content (AvgIpc) is 3.09. The molecule has 0 bridgehead atoms. The van der Waals surface area contributed by atoms with E-state index in [0.29, 0.717) is 29.6 Å². The van der Waals surface area contributed by atoms with E-state index in [1.807, 2.05) is 6.92 Å². The number of fused-ring (bicyclic) bond motifs is 1. The molecule has 0 aliphatic carbocycles. The summed E-state index contributed by atoms with van der Waals surface area (Å²) in [5, 5.41) is 7.72. The molecule has 30 heavy (non-hydrogen) atoms. The molecule has 0 saturated carbocycles. The van der Waals surface area contributed by atoms with Crippen LogP contribution in [0.5, 0.6) is 0 Å². The molecule has 0 radical (unpaired) electrons. The Morgan fingerprint density at radius 3 is 2.83 bits per heavy atom. The lowest BCUT2D eigenvalue weighted by Crippen LogP contribution is -2.33. The van der Waals surface area contributed by atoms with Crippen molar-refractivity contribution in [1.82, 2.24) is 15.1 Å². The van der Waals surface area contributed by atoms with Crippen molar-refractivity contribution in [3.8, 4) is 0 Å². The molecule has 7 nitrogen and oxygen atoms in total. The smallest absolute Gasteiger partial charge is 0.263 e. The summed E-state index contributed by atoms with van der Waals surface area (Å²) in [5.41, 5.74) is 1.57. The Morgan fingerprint density at radius 1 is 1.33 bits per heavy atom. The predicted molar refractivity (Wildman–Crippen MR) is 113 cm³/mol. The maximum absolute atomic E-state index is 13.2. The van der Waals surface area contributed by atoms with Crippen molar-refractivity contribution < 1.29 is 13.7 Å². The Balaban J connectivity index is 1.50. The number of aryl methyl sites for hydroxylation is 2. The van der Waals surface area contributed by atoms with Gasteiger partial charge in [-0.25, -0.2) is 9.37 Å². The lowest BCUT2D eigenvalue weighted by atomic mass is 9.99. The summed E-state index contributed by atoms with van der Waals surface area (Å²) >= 11 is 5.97. The first-order valence-corrected chi connectivity index (χ1v) is 10.4. The molecule has 158 valence electrons. The number of carbonyl (C=O) groups excluding carboxylic acids is 1. The van der Waals surface area contributed by atoms with Gasteiger partial charge in [-0.2, -0.15) is 4.98 Å². The van der Waals surface area contributed by atoms with Gasteiger partial charge in [-0.1, -0.05) is 23.7 Å². The number of amides is 1. The number of nitrogens with zero attached hydrogens (tertiary/aromatic N) is 4. The number of piperidine rings is 1. The van der Waals surface area contributed by atoms with Gasteiger partial charge in [0.15, 0.2) is 0 Å². The molecule has 1 fully saturated rings. The van der Waals surface area contributed by atoms with Crippen LogP contribution in [0.4, 0.5) is 15.9 Å². The Morgan fingerprint density at radius 2 is 2.10 bits per heavy atom. The fourth-order valence-corrected chi connectivity index (χ4v) is 3.82. The lowest BCUT2D eigenvalue weighted by molar-refractivity contribution is -0.116. The minimum Gasteiger partial charge on any atom is -0.356 e. The second-order valence-corrected chi connectivity index (χ2v) is 8.16. The van der Waals surface area contributed by atoms with E-state index in [1.54, 1.807) is 0 Å². The quantitative estimate of drug-likeness (QED) is 0.639. The van der Waals surface area contributed by atoms with Crippen molar-refractivity contribution in [2.45, 2.75) is 39.5 Å². The Bertz CT molecular complexity index is 1080. The first-order valence-electron chi connectivity index (χ1n) is 10.0. The summed E-state index contributed by atoms with van der Waals surface area (Å²) in [6.45, 7) is 5.97. The van der Waals surface area contributed by atoms with Crippen molar-refractivity contribution in [2.24, 2.45) is 5.92 Å². The van der Waals surface area contributed by atoms with Crippen molar-refractivity contribution >= 4 is 40.1 Å². The van der Waals surface area contributed by atoms with Gasteiger partial charge in [0.25, 0.3) is 5.71 Å². The third-order valence-electron chi connectivity index (χ3n) is 5.40. The normalized spacial score (nSPS) is 15.0. The minimum absolute atomic E-state index is 0.153. The molecule has 0 spiro atoms. The van der Waals surface area contributed by atoms with Gasteiger partial charge in [-0.15, -0.1) is 0 Å². The van der Waals surface area contributed by atoms with Crippen LogP contribution in [-0.4, -0.2) is 34.1 Å². The number of halogens is 2. The summed E-state index contributed by atoms with van der Waals surface area (Å²) in [5.74, 6) is 1.33. The van der Waals surface area contributed by atoms with Crippen LogP contribution in [0.15, 0.2) is 22.7 Å². The number of aromatic nitrogens is 3. The molecule has 0 unspecified atom stereocenters. The molecule has 9 heteroatoms. The number of carbonyl (C=O) groups is 1. The zero-order valence-corrected chi connectivity index (χ0v) is 17.7. The number of hydrogen-bond acceptors (Lipinski definition) is 6. The number of nitrogens with one attached hydrogen (secondary N) is 1. The van der Waals surface area contributed by atoms with Gasteiger partial charge in [0.2, 0.25) is 5.91 Å². The van der Waals surface area contributed by atoms with Crippen LogP contribution in [0.1, 0.15) is 37.7 Å². The first-order chi connectivity index (χ1) is 14.4. The summed E-state index contributed by atoms with van der Waals surface area (Å²) in [7, 11) is 0. The van der Waals surface area contributed by atoms with Crippen molar-refractivity contribution in [3.63, 3.8) is 0 Å². The van der Waals surface area contributed by atoms with Gasteiger partial charge in [0, 0.05) is 25.9 Å². The average molecular weight is 432 g/mol. The molecule has 1 aliphatic rings. The van der Waals surface area contributed by atoms with Gasteiger partial charge in [0.05, 0.1) is 16.4 Å². The monoisotopic (exact) mass is 431 g/mol. The van der Waals surface area contributed by atoms with E-state index in [-0.39, 0.29) is 17.4 Å². The van der Waals surface area contributed by atoms with Crippen LogP contribution in [-0.2, 0) is 11.2 Å². The molecular formula is C21H23ClFN5O2. The fraction of sp³-hybridized carbons (Fsp3) is 0.429. The number of anilines is 2. The number of hydrogen-bond donors (Lipinski definition) is 1. The molecule has 1 amide bonds. The topological polar surface area (TPSA) is 84.1 Å². The third-order valence-corrected chi connectivity index (χ3v) is 5.71. The van der Waals surface area contributed by atoms with Gasteiger partial charge < -0.3 is 14.7 Å². The molecular weight excluding hydrogens is 409 g/mol. The van der Waals surface area contributed by atoms with Gasteiger partial charge in [-0.3, -0.25) is 4.79 Å². The Hall–Kier alpha value is -2.74. The molecule has 1 aromatic carbocycles. The molecule has 1 saturated heterocycles. The zero-order chi connectivity index (χ0) is 21.3. The van der Waals surface area contributed by atoms with E-state index in [0.717, 1.165) is 48.9 Å². The van der Waals surface area contributed by atoms with Gasteiger partial charge in [-0.05, 0) is 43.9 Å². The first kappa shape index (κ1) is 20.5. The van der Waals surface area contributed by atoms with Crippen LogP contribution >= 0.6 is 11.6 Å². The summed E-state index contributed by atoms with van der Waals surface area (Å²) in [4.78, 5) is 23.8. The SMILES string of the molecule is Cc1noc2nc(CCC(=O)Nc3ccc(F)cc3Cl)nc(N3CCC(C)CC3)c12. The predicted octanol–water partition coefficient (Wildman–Crippen LogP) is 4.53. The Labute approximate surface area is 178 Å². The molecule has 0 atom stereocenters. The van der Waals surface area contributed by atoms with Crippen molar-refractivity contribution in [2.75, 3.05) is 23.3 Å². The van der Waals surface area contributed by atoms with E-state index < -0.39 is 5.82 Å². The second-order valence-electron chi connectivity index (χ2n) is 7.75. The molecule has 2 aromatic heterocycles. The van der Waals surface area contributed by atoms with Gasteiger partial charge >= 0.3 is 0 Å². The summed E-state index contributed by atoms with van der Waals surface area (Å²) < 4.78 is 18.6. The summed E-state index contributed by atoms with van der Waals surface area (Å²) in [6, 6.07) is 3.84. The summed E-state index contributed by atoms with van der Waals surface area (Å²) in [6.07, 6.45) is 2.69. The molecule has 4 rings (SSSR count). The third kappa shape index (κ3) is 4.38. The number of benzene rings is 1. The Kier molecular flexibility index (Phi) is 5.85. The van der Waals surface area contributed by atoms with Crippen molar-refractivity contribution in [1.29, 1.82) is 0 Å². The van der Waals surface area contributed by atoms with E-state index >= 15 is 0 Å². The molecule has 1 N–H and O–H groups in total. The van der Waals surface area contributed by atoms with Crippen LogP contribution in [0.2, 0.25) is 5.02 Å². The van der Waals surface area contributed by atoms with Crippen LogP contribution < -0.4 is 10.2 Å². The fourth-order valence-electron chi connectivity index (χ4n) is 3.60. The molecule has 1 aliphatic heterocycles. The van der Waals surface area contributed by atoms with Crippen LogP contribution in [0.3, 0.4) is 0 Å². The van der Waals surface area contributed by atoms with E-state index in [4.69, 9.17) is 21.1 Å². The minimum atomic E-state index is -0.457. The highest BCUT2D eigenvalue weighted by Gasteiger charge is 2.23. The molecule has 3 aromatic rings. The van der Waals surface area contributed by atoms with Crippen LogP contribution in [0, 0.1) is 18.7 Å². The van der Waals surface area contributed by atoms with E-state index in [9.17, 15) is 9.18 Å². The molecule has 3 heterocycles. The highest BCUT2D eigenvalue weighted by atomic mass is 35.5. The second kappa shape index (κ2) is 8.55. The number of rotatable bonds is 5. The lowest BCUT2D eigenvalue weighted by Gasteiger charge is -2.31. The largest absolute Gasteiger partial charge is 0.356 e. The van der Waals surface area contributed by atoms with Gasteiger partial charge in [0.1, 0.15) is 22.8 Å². The zero-order valence-electron chi connectivity index (χ0n) is 16.9. The maximum atomic E-state index is 13.2. The van der Waals surface area contributed by atoms with Crippen molar-refractivity contribution in [3.05, 3.63) is 40.6 Å².